The molecule has 0 spiro atoms. The Labute approximate surface area is 71.8 Å². The second-order valence-electron chi connectivity index (χ2n) is 3.00. The van der Waals surface area contributed by atoms with E-state index in [4.69, 9.17) is 5.41 Å². The van der Waals surface area contributed by atoms with Crippen molar-refractivity contribution in [2.45, 2.75) is 19.8 Å². The lowest BCUT2D eigenvalue weighted by molar-refractivity contribution is -0.616. The SMILES string of the molecule is CC(C)c1cc[n+](C(=N)[O-])cc1. The third-order valence-electron chi connectivity index (χ3n) is 1.76. The summed E-state index contributed by atoms with van der Waals surface area (Å²) in [4.78, 5) is 0. The van der Waals surface area contributed by atoms with Crippen molar-refractivity contribution < 1.29 is 9.67 Å². The first-order valence-electron chi connectivity index (χ1n) is 3.88. The molecule has 0 saturated carbocycles. The van der Waals surface area contributed by atoms with Crippen LogP contribution in [0.5, 0.6) is 0 Å². The lowest BCUT2D eigenvalue weighted by Gasteiger charge is -2.05. The molecule has 0 saturated heterocycles. The molecule has 1 N–H and O–H groups in total. The lowest BCUT2D eigenvalue weighted by atomic mass is 10.1. The number of pyridine rings is 1. The van der Waals surface area contributed by atoms with E-state index in [1.165, 1.54) is 10.1 Å². The Hall–Kier alpha value is -1.38. The van der Waals surface area contributed by atoms with Crippen LogP contribution in [0.25, 0.3) is 0 Å². The molecule has 64 valence electrons. The zero-order chi connectivity index (χ0) is 9.14. The van der Waals surface area contributed by atoms with E-state index >= 15 is 0 Å². The van der Waals surface area contributed by atoms with Gasteiger partial charge in [-0.3, -0.25) is 0 Å². The molecule has 12 heavy (non-hydrogen) atoms. The quantitative estimate of drug-likeness (QED) is 0.361. The average Bonchev–Trinajstić information content (AvgIpc) is 2.04. The molecule has 3 nitrogen and oxygen atoms in total. The van der Waals surface area contributed by atoms with Crippen molar-refractivity contribution in [1.29, 1.82) is 5.41 Å². The molecule has 1 aromatic rings. The second-order valence-corrected chi connectivity index (χ2v) is 3.00. The van der Waals surface area contributed by atoms with E-state index in [2.05, 4.69) is 13.8 Å². The van der Waals surface area contributed by atoms with Gasteiger partial charge in [0.15, 0.2) is 0 Å². The van der Waals surface area contributed by atoms with E-state index in [-0.39, 0.29) is 0 Å². The maximum Gasteiger partial charge on any atom is 0.265 e. The van der Waals surface area contributed by atoms with Crippen molar-refractivity contribution in [1.82, 2.24) is 0 Å². The van der Waals surface area contributed by atoms with Crippen LogP contribution in [0.4, 0.5) is 0 Å². The largest absolute Gasteiger partial charge is 0.807 e. The highest BCUT2D eigenvalue weighted by Crippen LogP contribution is 2.10. The molecule has 1 heterocycles. The van der Waals surface area contributed by atoms with Gasteiger partial charge in [-0.2, -0.15) is 0 Å². The van der Waals surface area contributed by atoms with Crippen molar-refractivity contribution in [2.24, 2.45) is 0 Å². The molecule has 0 bridgehead atoms. The minimum atomic E-state index is -0.703. The molecule has 0 aliphatic rings. The van der Waals surface area contributed by atoms with Crippen molar-refractivity contribution in [2.75, 3.05) is 0 Å². The van der Waals surface area contributed by atoms with Crippen molar-refractivity contribution in [3.05, 3.63) is 30.1 Å². The van der Waals surface area contributed by atoms with Crippen molar-refractivity contribution in [3.8, 4) is 0 Å². The van der Waals surface area contributed by atoms with E-state index in [0.717, 1.165) is 0 Å². The summed E-state index contributed by atoms with van der Waals surface area (Å²) in [6.07, 6.45) is 3.23. The predicted molar refractivity (Wildman–Crippen MR) is 43.9 cm³/mol. The first-order chi connectivity index (χ1) is 5.61. The molecule has 0 radical (unpaired) electrons. The third kappa shape index (κ3) is 1.81. The second kappa shape index (κ2) is 3.34. The molecular formula is C9H12N2O. The molecule has 0 aromatic carbocycles. The Morgan fingerprint density at radius 1 is 1.42 bits per heavy atom. The summed E-state index contributed by atoms with van der Waals surface area (Å²) in [6, 6.07) is 3.01. The van der Waals surface area contributed by atoms with E-state index in [1.54, 1.807) is 12.4 Å². The van der Waals surface area contributed by atoms with Crippen LogP contribution in [0.2, 0.25) is 0 Å². The Morgan fingerprint density at radius 2 is 1.92 bits per heavy atom. The number of hydrogen-bond donors (Lipinski definition) is 1. The summed E-state index contributed by atoms with van der Waals surface area (Å²) in [5.41, 5.74) is 1.17. The van der Waals surface area contributed by atoms with Crippen molar-refractivity contribution in [3.63, 3.8) is 0 Å². The van der Waals surface area contributed by atoms with E-state index in [9.17, 15) is 5.11 Å². The maximum atomic E-state index is 10.6. The molecule has 0 atom stereocenters. The fourth-order valence-corrected chi connectivity index (χ4v) is 0.958. The van der Waals surface area contributed by atoms with E-state index < -0.39 is 6.02 Å². The van der Waals surface area contributed by atoms with E-state index in [1.807, 2.05) is 12.1 Å². The van der Waals surface area contributed by atoms with Gasteiger partial charge in [-0.05, 0) is 23.6 Å². The summed E-state index contributed by atoms with van der Waals surface area (Å²) in [7, 11) is 0. The van der Waals surface area contributed by atoms with Gasteiger partial charge in [0.1, 0.15) is 0 Å². The van der Waals surface area contributed by atoms with Crippen LogP contribution in [-0.4, -0.2) is 6.02 Å². The first kappa shape index (κ1) is 8.71. The van der Waals surface area contributed by atoms with Gasteiger partial charge in [-0.1, -0.05) is 13.8 Å². The molecular weight excluding hydrogens is 152 g/mol. The average molecular weight is 164 g/mol. The van der Waals surface area contributed by atoms with Gasteiger partial charge in [-0.25, -0.2) is 4.57 Å². The molecule has 0 fully saturated rings. The standard InChI is InChI=1S/C9H12N2O/c1-7(2)8-3-5-11(6-4-8)9(10)12/h3-7H,1-2H3,(H-,10,12). The highest BCUT2D eigenvalue weighted by molar-refractivity contribution is 5.53. The Morgan fingerprint density at radius 3 is 2.25 bits per heavy atom. The van der Waals surface area contributed by atoms with Crippen LogP contribution < -0.4 is 9.67 Å². The monoisotopic (exact) mass is 164 g/mol. The number of rotatable bonds is 1. The zero-order valence-corrected chi connectivity index (χ0v) is 7.24. The smallest absolute Gasteiger partial charge is 0.265 e. The molecule has 0 aliphatic carbocycles. The van der Waals surface area contributed by atoms with Crippen LogP contribution in [-0.2, 0) is 0 Å². The van der Waals surface area contributed by atoms with Crippen LogP contribution in [0.3, 0.4) is 0 Å². The first-order valence-corrected chi connectivity index (χ1v) is 3.88. The predicted octanol–water partition coefficient (Wildman–Crippen LogP) is 0.241. The molecule has 1 rings (SSSR count). The number of nitrogens with one attached hydrogen (secondary N) is 1. The minimum absolute atomic E-state index is 0.459. The summed E-state index contributed by atoms with van der Waals surface area (Å²) >= 11 is 0. The van der Waals surface area contributed by atoms with Gasteiger partial charge in [-0.15, -0.1) is 5.41 Å². The van der Waals surface area contributed by atoms with E-state index in [0.29, 0.717) is 5.92 Å². The highest BCUT2D eigenvalue weighted by atomic mass is 16.3. The van der Waals surface area contributed by atoms with Crippen LogP contribution in [0.15, 0.2) is 24.5 Å². The van der Waals surface area contributed by atoms with Crippen LogP contribution in [0, 0.1) is 5.41 Å². The number of aromatic nitrogens is 1. The van der Waals surface area contributed by atoms with Gasteiger partial charge in [0.25, 0.3) is 6.02 Å². The summed E-state index contributed by atoms with van der Waals surface area (Å²) in [5.74, 6) is 0.459. The summed E-state index contributed by atoms with van der Waals surface area (Å²) in [6.45, 7) is 4.17. The topological polar surface area (TPSA) is 50.8 Å². The zero-order valence-electron chi connectivity index (χ0n) is 7.24. The van der Waals surface area contributed by atoms with Gasteiger partial charge < -0.3 is 5.11 Å². The Balaban J connectivity index is 2.93. The lowest BCUT2D eigenvalue weighted by Crippen LogP contribution is -2.49. The summed E-state index contributed by atoms with van der Waals surface area (Å²) < 4.78 is 1.24. The van der Waals surface area contributed by atoms with Gasteiger partial charge in [0.2, 0.25) is 0 Å². The minimum Gasteiger partial charge on any atom is -0.807 e. The summed E-state index contributed by atoms with van der Waals surface area (Å²) in [5, 5.41) is 17.4. The highest BCUT2D eigenvalue weighted by Gasteiger charge is 2.00. The fraction of sp³-hybridized carbons (Fsp3) is 0.333. The molecule has 0 aliphatic heterocycles. The van der Waals surface area contributed by atoms with Crippen LogP contribution >= 0.6 is 0 Å². The Kier molecular flexibility index (Phi) is 2.43. The molecule has 3 heteroatoms. The maximum absolute atomic E-state index is 10.6. The van der Waals surface area contributed by atoms with Gasteiger partial charge in [0, 0.05) is 0 Å². The normalized spacial score (nSPS) is 10.2. The number of nitrogens with zero attached hydrogens (tertiary/aromatic N) is 1. The van der Waals surface area contributed by atoms with Gasteiger partial charge in [0.05, 0.1) is 12.4 Å². The van der Waals surface area contributed by atoms with Gasteiger partial charge >= 0.3 is 0 Å². The molecule has 0 amide bonds. The molecule has 0 unspecified atom stereocenters. The fourth-order valence-electron chi connectivity index (χ4n) is 0.958. The van der Waals surface area contributed by atoms with Crippen LogP contribution in [0.1, 0.15) is 25.3 Å². The van der Waals surface area contributed by atoms with Crippen molar-refractivity contribution >= 4 is 6.02 Å². The number of hydrogen-bond acceptors (Lipinski definition) is 2. The third-order valence-corrected chi connectivity index (χ3v) is 1.76. The molecule has 1 aromatic heterocycles. The Bertz CT molecular complexity index is 277.